The standard InChI is InChI=1S/C13H19BrN2O2/c14-11-1-3-13(4-2-11)18-8-6-16-5-7-17-10-12(16)9-15/h1-4,12H,5-10,15H2. The SMILES string of the molecule is NCC1COCCN1CCOc1ccc(Br)cc1. The second kappa shape index (κ2) is 7.09. The predicted octanol–water partition coefficient (Wildman–Crippen LogP) is 1.49. The molecule has 0 radical (unpaired) electrons. The van der Waals surface area contributed by atoms with Gasteiger partial charge in [-0.1, -0.05) is 15.9 Å². The Balaban J connectivity index is 1.75. The summed E-state index contributed by atoms with van der Waals surface area (Å²) < 4.78 is 12.2. The van der Waals surface area contributed by atoms with Gasteiger partial charge in [0.15, 0.2) is 0 Å². The van der Waals surface area contributed by atoms with Gasteiger partial charge in [0.05, 0.1) is 13.2 Å². The van der Waals surface area contributed by atoms with Crippen molar-refractivity contribution < 1.29 is 9.47 Å². The Kier molecular flexibility index (Phi) is 5.44. The number of hydrogen-bond acceptors (Lipinski definition) is 4. The van der Waals surface area contributed by atoms with E-state index in [1.54, 1.807) is 0 Å². The number of hydrogen-bond donors (Lipinski definition) is 1. The van der Waals surface area contributed by atoms with Crippen LogP contribution in [-0.4, -0.2) is 50.4 Å². The second-order valence-electron chi connectivity index (χ2n) is 4.30. The minimum absolute atomic E-state index is 0.326. The quantitative estimate of drug-likeness (QED) is 0.894. The molecule has 1 atom stereocenters. The molecule has 2 N–H and O–H groups in total. The highest BCUT2D eigenvalue weighted by Crippen LogP contribution is 2.16. The maximum absolute atomic E-state index is 5.73. The van der Waals surface area contributed by atoms with Crippen LogP contribution in [0.4, 0.5) is 0 Å². The Hall–Kier alpha value is -0.620. The number of ether oxygens (including phenoxy) is 2. The molecule has 1 aliphatic rings. The molecule has 0 aliphatic carbocycles. The molecule has 0 saturated carbocycles. The van der Waals surface area contributed by atoms with Gasteiger partial charge in [-0.2, -0.15) is 0 Å². The first kappa shape index (κ1) is 13.8. The van der Waals surface area contributed by atoms with Gasteiger partial charge in [0.2, 0.25) is 0 Å². The maximum Gasteiger partial charge on any atom is 0.119 e. The Morgan fingerprint density at radius 3 is 2.89 bits per heavy atom. The summed E-state index contributed by atoms with van der Waals surface area (Å²) in [6, 6.07) is 8.21. The third kappa shape index (κ3) is 3.95. The van der Waals surface area contributed by atoms with Crippen LogP contribution in [0.15, 0.2) is 28.7 Å². The topological polar surface area (TPSA) is 47.7 Å². The first-order valence-electron chi connectivity index (χ1n) is 6.20. The van der Waals surface area contributed by atoms with Crippen LogP contribution >= 0.6 is 15.9 Å². The molecule has 100 valence electrons. The Labute approximate surface area is 116 Å². The van der Waals surface area contributed by atoms with Crippen molar-refractivity contribution >= 4 is 15.9 Å². The summed E-state index contributed by atoms with van der Waals surface area (Å²) in [6.07, 6.45) is 0. The highest BCUT2D eigenvalue weighted by molar-refractivity contribution is 9.10. The summed E-state index contributed by atoms with van der Waals surface area (Å²) in [5, 5.41) is 0. The van der Waals surface area contributed by atoms with E-state index in [4.69, 9.17) is 15.2 Å². The minimum Gasteiger partial charge on any atom is -0.492 e. The summed E-state index contributed by atoms with van der Waals surface area (Å²) in [5.41, 5.74) is 5.73. The number of morpholine rings is 1. The number of rotatable bonds is 5. The first-order chi connectivity index (χ1) is 8.79. The molecule has 1 aromatic carbocycles. The lowest BCUT2D eigenvalue weighted by Crippen LogP contribution is -2.50. The molecule has 18 heavy (non-hydrogen) atoms. The fourth-order valence-corrected chi connectivity index (χ4v) is 2.28. The van der Waals surface area contributed by atoms with E-state index in [0.29, 0.717) is 19.2 Å². The largest absolute Gasteiger partial charge is 0.492 e. The van der Waals surface area contributed by atoms with Crippen LogP contribution in [0.25, 0.3) is 0 Å². The van der Waals surface area contributed by atoms with E-state index in [1.807, 2.05) is 24.3 Å². The van der Waals surface area contributed by atoms with Gasteiger partial charge in [0.25, 0.3) is 0 Å². The van der Waals surface area contributed by atoms with Crippen LogP contribution in [0.2, 0.25) is 0 Å². The normalized spacial score (nSPS) is 20.9. The van der Waals surface area contributed by atoms with Crippen molar-refractivity contribution in [3.05, 3.63) is 28.7 Å². The van der Waals surface area contributed by atoms with Gasteiger partial charge in [-0.3, -0.25) is 4.90 Å². The van der Waals surface area contributed by atoms with Crippen LogP contribution in [0, 0.1) is 0 Å². The van der Waals surface area contributed by atoms with E-state index < -0.39 is 0 Å². The number of nitrogens with zero attached hydrogens (tertiary/aromatic N) is 1. The average molecular weight is 315 g/mol. The monoisotopic (exact) mass is 314 g/mol. The van der Waals surface area contributed by atoms with Gasteiger partial charge < -0.3 is 15.2 Å². The molecule has 4 nitrogen and oxygen atoms in total. The second-order valence-corrected chi connectivity index (χ2v) is 5.22. The van der Waals surface area contributed by atoms with E-state index in [0.717, 1.165) is 36.5 Å². The first-order valence-corrected chi connectivity index (χ1v) is 6.99. The van der Waals surface area contributed by atoms with E-state index in [1.165, 1.54) is 0 Å². The van der Waals surface area contributed by atoms with Crippen molar-refractivity contribution in [2.45, 2.75) is 6.04 Å². The van der Waals surface area contributed by atoms with Gasteiger partial charge in [0, 0.05) is 30.1 Å². The van der Waals surface area contributed by atoms with Gasteiger partial charge in [0.1, 0.15) is 12.4 Å². The van der Waals surface area contributed by atoms with Gasteiger partial charge >= 0.3 is 0 Å². The Morgan fingerprint density at radius 2 is 2.17 bits per heavy atom. The maximum atomic E-state index is 5.73. The molecule has 0 bridgehead atoms. The Bertz CT molecular complexity index is 359. The minimum atomic E-state index is 0.326. The van der Waals surface area contributed by atoms with E-state index >= 15 is 0 Å². The molecule has 1 unspecified atom stereocenters. The van der Waals surface area contributed by atoms with Crippen molar-refractivity contribution in [3.8, 4) is 5.75 Å². The molecule has 2 rings (SSSR count). The van der Waals surface area contributed by atoms with Crippen molar-refractivity contribution in [2.75, 3.05) is 39.5 Å². The molecule has 1 saturated heterocycles. The van der Waals surface area contributed by atoms with Crippen molar-refractivity contribution in [2.24, 2.45) is 5.73 Å². The number of nitrogens with two attached hydrogens (primary N) is 1. The lowest BCUT2D eigenvalue weighted by molar-refractivity contribution is -0.00859. The molecule has 1 fully saturated rings. The highest BCUT2D eigenvalue weighted by Gasteiger charge is 2.21. The molecular formula is C13H19BrN2O2. The van der Waals surface area contributed by atoms with Gasteiger partial charge in [-0.05, 0) is 24.3 Å². The lowest BCUT2D eigenvalue weighted by Gasteiger charge is -2.34. The van der Waals surface area contributed by atoms with Crippen molar-refractivity contribution in [1.29, 1.82) is 0 Å². The molecule has 0 spiro atoms. The zero-order valence-electron chi connectivity index (χ0n) is 10.3. The molecule has 1 aliphatic heterocycles. The van der Waals surface area contributed by atoms with E-state index in [2.05, 4.69) is 20.8 Å². The summed E-state index contributed by atoms with van der Waals surface area (Å²) in [5.74, 6) is 0.899. The fourth-order valence-electron chi connectivity index (χ4n) is 2.01. The summed E-state index contributed by atoms with van der Waals surface area (Å²) >= 11 is 3.40. The van der Waals surface area contributed by atoms with Gasteiger partial charge in [-0.15, -0.1) is 0 Å². The third-order valence-electron chi connectivity index (χ3n) is 3.08. The van der Waals surface area contributed by atoms with Crippen molar-refractivity contribution in [1.82, 2.24) is 4.90 Å². The summed E-state index contributed by atoms with van der Waals surface area (Å²) in [6.45, 7) is 4.66. The summed E-state index contributed by atoms with van der Waals surface area (Å²) in [4.78, 5) is 2.34. The highest BCUT2D eigenvalue weighted by atomic mass is 79.9. The van der Waals surface area contributed by atoms with Crippen molar-refractivity contribution in [3.63, 3.8) is 0 Å². The van der Waals surface area contributed by atoms with Crippen LogP contribution in [0.3, 0.4) is 0 Å². The molecule has 1 heterocycles. The number of benzene rings is 1. The molecular weight excluding hydrogens is 296 g/mol. The average Bonchev–Trinajstić information content (AvgIpc) is 2.41. The zero-order valence-corrected chi connectivity index (χ0v) is 11.9. The molecule has 5 heteroatoms. The third-order valence-corrected chi connectivity index (χ3v) is 3.61. The molecule has 0 aromatic heterocycles. The fraction of sp³-hybridized carbons (Fsp3) is 0.538. The van der Waals surface area contributed by atoms with Crippen LogP contribution in [0.5, 0.6) is 5.75 Å². The summed E-state index contributed by atoms with van der Waals surface area (Å²) in [7, 11) is 0. The van der Waals surface area contributed by atoms with Crippen LogP contribution in [0.1, 0.15) is 0 Å². The zero-order chi connectivity index (χ0) is 12.8. The molecule has 1 aromatic rings. The lowest BCUT2D eigenvalue weighted by atomic mass is 10.2. The number of halogens is 1. The molecule has 0 amide bonds. The van der Waals surface area contributed by atoms with E-state index in [-0.39, 0.29) is 0 Å². The smallest absolute Gasteiger partial charge is 0.119 e. The van der Waals surface area contributed by atoms with Crippen LogP contribution < -0.4 is 10.5 Å². The van der Waals surface area contributed by atoms with Gasteiger partial charge in [-0.25, -0.2) is 0 Å². The Morgan fingerprint density at radius 1 is 1.39 bits per heavy atom. The van der Waals surface area contributed by atoms with Crippen LogP contribution in [-0.2, 0) is 4.74 Å². The van der Waals surface area contributed by atoms with E-state index in [9.17, 15) is 0 Å². The predicted molar refractivity (Wildman–Crippen MR) is 74.9 cm³/mol.